The molecule has 0 bridgehead atoms. The molecule has 1 saturated heterocycles. The maximum atomic E-state index is 12.5. The van der Waals surface area contributed by atoms with Crippen LogP contribution in [0.1, 0.15) is 23.1 Å². The van der Waals surface area contributed by atoms with Crippen molar-refractivity contribution < 1.29 is 23.1 Å². The summed E-state index contributed by atoms with van der Waals surface area (Å²) in [6, 6.07) is 5.75. The van der Waals surface area contributed by atoms with E-state index in [-0.39, 0.29) is 18.4 Å². The zero-order chi connectivity index (χ0) is 16.3. The largest absolute Gasteiger partial charge is 0.480 e. The Balaban J connectivity index is 2.00. The summed E-state index contributed by atoms with van der Waals surface area (Å²) in [5, 5.41) is 8.59. The highest BCUT2D eigenvalue weighted by atomic mass is 32.2. The van der Waals surface area contributed by atoms with Gasteiger partial charge in [-0.15, -0.1) is 0 Å². The summed E-state index contributed by atoms with van der Waals surface area (Å²) in [6.07, 6.45) is 0.185. The molecule has 122 valence electrons. The fourth-order valence-electron chi connectivity index (χ4n) is 2.73. The highest BCUT2D eigenvalue weighted by molar-refractivity contribution is 7.88. The molecule has 1 atom stereocenters. The molecule has 6 nitrogen and oxygen atoms in total. The third-order valence-corrected chi connectivity index (χ3v) is 5.39. The van der Waals surface area contributed by atoms with Crippen molar-refractivity contribution in [1.29, 1.82) is 0 Å². The number of carbonyl (C=O) groups is 1. The lowest BCUT2D eigenvalue weighted by molar-refractivity contribution is -0.144. The van der Waals surface area contributed by atoms with Gasteiger partial charge in [-0.3, -0.25) is 0 Å². The van der Waals surface area contributed by atoms with Crippen LogP contribution in [0.2, 0.25) is 0 Å². The Labute approximate surface area is 130 Å². The lowest BCUT2D eigenvalue weighted by atomic mass is 10.1. The third-order valence-electron chi connectivity index (χ3n) is 3.57. The van der Waals surface area contributed by atoms with Gasteiger partial charge in [0.05, 0.1) is 11.9 Å². The SMILES string of the molecule is Cc1cc(C)cc(CS(=O)(=O)N2CC[C@H](OCC(=O)O)C2)c1. The number of carboxylic acids is 1. The van der Waals surface area contributed by atoms with Crippen molar-refractivity contribution in [2.75, 3.05) is 19.7 Å². The normalized spacial score (nSPS) is 19.5. The van der Waals surface area contributed by atoms with E-state index in [2.05, 4.69) is 0 Å². The highest BCUT2D eigenvalue weighted by Gasteiger charge is 2.32. The fourth-order valence-corrected chi connectivity index (χ4v) is 4.28. The predicted octanol–water partition coefficient (Wildman–Crippen LogP) is 1.31. The smallest absolute Gasteiger partial charge is 0.329 e. The van der Waals surface area contributed by atoms with E-state index in [9.17, 15) is 13.2 Å². The van der Waals surface area contributed by atoms with Crippen molar-refractivity contribution in [3.63, 3.8) is 0 Å². The van der Waals surface area contributed by atoms with Gasteiger partial charge < -0.3 is 9.84 Å². The zero-order valence-electron chi connectivity index (χ0n) is 12.8. The first kappa shape index (κ1) is 16.9. The van der Waals surface area contributed by atoms with Crippen LogP contribution in [-0.4, -0.2) is 49.6 Å². The number of hydrogen-bond donors (Lipinski definition) is 1. The van der Waals surface area contributed by atoms with Crippen molar-refractivity contribution in [3.05, 3.63) is 34.9 Å². The standard InChI is InChI=1S/C15H21NO5S/c1-11-5-12(2)7-13(6-11)10-22(19,20)16-4-3-14(8-16)21-9-15(17)18/h5-7,14H,3-4,8-10H2,1-2H3,(H,17,18)/t14-/m0/s1. The summed E-state index contributed by atoms with van der Waals surface area (Å²) in [5.74, 6) is -1.09. The molecule has 0 radical (unpaired) electrons. The summed E-state index contributed by atoms with van der Waals surface area (Å²) in [7, 11) is -3.41. The zero-order valence-corrected chi connectivity index (χ0v) is 13.6. The van der Waals surface area contributed by atoms with Crippen LogP contribution in [0, 0.1) is 13.8 Å². The predicted molar refractivity (Wildman–Crippen MR) is 82.1 cm³/mol. The lowest BCUT2D eigenvalue weighted by Crippen LogP contribution is -2.31. The minimum absolute atomic E-state index is 0.0405. The molecular formula is C15H21NO5S. The summed E-state index contributed by atoms with van der Waals surface area (Å²) in [6.45, 7) is 4.08. The molecule has 2 rings (SSSR count). The average molecular weight is 327 g/mol. The van der Waals surface area contributed by atoms with Crippen LogP contribution < -0.4 is 0 Å². The van der Waals surface area contributed by atoms with Gasteiger partial charge in [-0.25, -0.2) is 13.2 Å². The third kappa shape index (κ3) is 4.53. The lowest BCUT2D eigenvalue weighted by Gasteiger charge is -2.17. The Kier molecular flexibility index (Phi) is 5.20. The number of hydrogen-bond acceptors (Lipinski definition) is 4. The van der Waals surface area contributed by atoms with Gasteiger partial charge in [0.1, 0.15) is 6.61 Å². The van der Waals surface area contributed by atoms with Gasteiger partial charge in [0.25, 0.3) is 0 Å². The van der Waals surface area contributed by atoms with Crippen LogP contribution in [0.3, 0.4) is 0 Å². The van der Waals surface area contributed by atoms with Gasteiger partial charge in [0.15, 0.2) is 0 Å². The fraction of sp³-hybridized carbons (Fsp3) is 0.533. The number of rotatable bonds is 6. The van der Waals surface area contributed by atoms with Crippen molar-refractivity contribution in [3.8, 4) is 0 Å². The molecule has 0 spiro atoms. The number of aryl methyl sites for hydroxylation is 2. The van der Waals surface area contributed by atoms with Gasteiger partial charge in [-0.1, -0.05) is 29.3 Å². The van der Waals surface area contributed by atoms with Crippen LogP contribution >= 0.6 is 0 Å². The molecule has 1 fully saturated rings. The van der Waals surface area contributed by atoms with E-state index in [1.165, 1.54) is 4.31 Å². The molecule has 0 aliphatic carbocycles. The van der Waals surface area contributed by atoms with Gasteiger partial charge in [0, 0.05) is 13.1 Å². The van der Waals surface area contributed by atoms with Crippen LogP contribution in [-0.2, 0) is 25.3 Å². The Hall–Kier alpha value is -1.44. The molecule has 0 amide bonds. The number of ether oxygens (including phenoxy) is 1. The van der Waals surface area contributed by atoms with Crippen LogP contribution in [0.25, 0.3) is 0 Å². The minimum atomic E-state index is -3.41. The first-order valence-electron chi connectivity index (χ1n) is 7.14. The molecule has 1 N–H and O–H groups in total. The van der Waals surface area contributed by atoms with Crippen LogP contribution in [0.15, 0.2) is 18.2 Å². The number of aliphatic carboxylic acids is 1. The second-order valence-corrected chi connectivity index (χ2v) is 7.69. The molecule has 1 aromatic carbocycles. The monoisotopic (exact) mass is 327 g/mol. The number of carboxylic acid groups (broad SMARTS) is 1. The maximum Gasteiger partial charge on any atom is 0.329 e. The summed E-state index contributed by atoms with van der Waals surface area (Å²) in [4.78, 5) is 10.5. The maximum absolute atomic E-state index is 12.5. The van der Waals surface area contributed by atoms with E-state index in [1.54, 1.807) is 0 Å². The van der Waals surface area contributed by atoms with Crippen molar-refractivity contribution in [1.82, 2.24) is 4.31 Å². The van der Waals surface area contributed by atoms with Gasteiger partial charge >= 0.3 is 5.97 Å². The van der Waals surface area contributed by atoms with E-state index in [0.717, 1.165) is 16.7 Å². The molecule has 0 unspecified atom stereocenters. The van der Waals surface area contributed by atoms with E-state index < -0.39 is 22.6 Å². The van der Waals surface area contributed by atoms with Crippen LogP contribution in [0.4, 0.5) is 0 Å². The van der Waals surface area contributed by atoms with E-state index in [4.69, 9.17) is 9.84 Å². The van der Waals surface area contributed by atoms with E-state index >= 15 is 0 Å². The second-order valence-electron chi connectivity index (χ2n) is 5.73. The molecule has 1 aliphatic rings. The van der Waals surface area contributed by atoms with Crippen molar-refractivity contribution in [2.45, 2.75) is 32.1 Å². The summed E-state index contributed by atoms with van der Waals surface area (Å²) in [5.41, 5.74) is 2.84. The quantitative estimate of drug-likeness (QED) is 0.851. The Morgan fingerprint density at radius 3 is 2.55 bits per heavy atom. The van der Waals surface area contributed by atoms with Crippen molar-refractivity contribution in [2.24, 2.45) is 0 Å². The Morgan fingerprint density at radius 2 is 1.95 bits per heavy atom. The molecular weight excluding hydrogens is 306 g/mol. The number of sulfonamides is 1. The number of benzene rings is 1. The summed E-state index contributed by atoms with van der Waals surface area (Å²) < 4.78 is 31.5. The van der Waals surface area contributed by atoms with Gasteiger partial charge in [-0.05, 0) is 25.8 Å². The van der Waals surface area contributed by atoms with Crippen LogP contribution in [0.5, 0.6) is 0 Å². The summed E-state index contributed by atoms with van der Waals surface area (Å²) >= 11 is 0. The molecule has 1 heterocycles. The topological polar surface area (TPSA) is 83.9 Å². The molecule has 1 aromatic rings. The number of nitrogens with zero attached hydrogens (tertiary/aromatic N) is 1. The first-order chi connectivity index (χ1) is 10.3. The average Bonchev–Trinajstić information content (AvgIpc) is 2.83. The molecule has 0 saturated carbocycles. The van der Waals surface area contributed by atoms with E-state index in [0.29, 0.717) is 13.0 Å². The Bertz CT molecular complexity index is 636. The molecule has 22 heavy (non-hydrogen) atoms. The van der Waals surface area contributed by atoms with Crippen molar-refractivity contribution >= 4 is 16.0 Å². The second kappa shape index (κ2) is 6.76. The minimum Gasteiger partial charge on any atom is -0.480 e. The van der Waals surface area contributed by atoms with E-state index in [1.807, 2.05) is 32.0 Å². The first-order valence-corrected chi connectivity index (χ1v) is 8.75. The molecule has 1 aliphatic heterocycles. The molecule has 7 heteroatoms. The highest BCUT2D eigenvalue weighted by Crippen LogP contribution is 2.20. The molecule has 0 aromatic heterocycles. The van der Waals surface area contributed by atoms with Gasteiger partial charge in [0.2, 0.25) is 10.0 Å². The van der Waals surface area contributed by atoms with Gasteiger partial charge in [-0.2, -0.15) is 4.31 Å². The Morgan fingerprint density at radius 1 is 1.32 bits per heavy atom.